The second kappa shape index (κ2) is 10.6. The zero-order valence-corrected chi connectivity index (χ0v) is 17.7. The Labute approximate surface area is 182 Å². The zero-order valence-electron chi connectivity index (χ0n) is 17.0. The van der Waals surface area contributed by atoms with Crippen molar-refractivity contribution in [1.29, 1.82) is 0 Å². The number of hydrogen-bond donors (Lipinski definition) is 1. The molecule has 2 amide bonds. The van der Waals surface area contributed by atoms with Crippen LogP contribution < -0.4 is 10.2 Å². The van der Waals surface area contributed by atoms with Crippen molar-refractivity contribution in [2.24, 2.45) is 0 Å². The fraction of sp³-hybridized carbons (Fsp3) is 0.200. The van der Waals surface area contributed by atoms with E-state index in [1.807, 2.05) is 61.5 Å². The molecule has 0 aliphatic carbocycles. The van der Waals surface area contributed by atoms with Crippen LogP contribution in [-0.4, -0.2) is 18.4 Å². The van der Waals surface area contributed by atoms with Gasteiger partial charge in [-0.3, -0.25) is 9.59 Å². The molecule has 0 aliphatic heterocycles. The Morgan fingerprint density at radius 2 is 1.53 bits per heavy atom. The van der Waals surface area contributed by atoms with Crippen LogP contribution in [0.3, 0.4) is 0 Å². The Bertz CT molecular complexity index is 970. The molecule has 0 spiro atoms. The Balaban J connectivity index is 1.83. The molecule has 0 bridgehead atoms. The van der Waals surface area contributed by atoms with E-state index in [2.05, 4.69) is 5.32 Å². The van der Waals surface area contributed by atoms with Crippen molar-refractivity contribution < 1.29 is 9.59 Å². The Morgan fingerprint density at radius 1 is 0.867 bits per heavy atom. The summed E-state index contributed by atoms with van der Waals surface area (Å²) in [7, 11) is 0. The highest BCUT2D eigenvalue weighted by Gasteiger charge is 2.18. The van der Waals surface area contributed by atoms with Gasteiger partial charge in [0.25, 0.3) is 5.91 Å². The van der Waals surface area contributed by atoms with Gasteiger partial charge in [-0.2, -0.15) is 0 Å². The Morgan fingerprint density at radius 3 is 2.17 bits per heavy atom. The van der Waals surface area contributed by atoms with Crippen LogP contribution in [0.25, 0.3) is 0 Å². The SMILES string of the molecule is CCCNC(=O)Cc1ccc(N(Cc2ccccc2)C(=O)c2ccc(Cl)cc2)cc1. The van der Waals surface area contributed by atoms with Crippen molar-refractivity contribution in [2.45, 2.75) is 26.3 Å². The van der Waals surface area contributed by atoms with Crippen LogP contribution in [0, 0.1) is 0 Å². The van der Waals surface area contributed by atoms with E-state index in [0.717, 1.165) is 23.2 Å². The third kappa shape index (κ3) is 5.94. The number of carbonyl (C=O) groups excluding carboxylic acids is 2. The highest BCUT2D eigenvalue weighted by Crippen LogP contribution is 2.22. The van der Waals surface area contributed by atoms with Gasteiger partial charge in [-0.15, -0.1) is 0 Å². The first-order valence-corrected chi connectivity index (χ1v) is 10.4. The van der Waals surface area contributed by atoms with E-state index < -0.39 is 0 Å². The predicted molar refractivity (Wildman–Crippen MR) is 122 cm³/mol. The average Bonchev–Trinajstić information content (AvgIpc) is 2.77. The third-order valence-corrected chi connectivity index (χ3v) is 4.96. The van der Waals surface area contributed by atoms with Crippen LogP contribution in [0.2, 0.25) is 5.02 Å². The first-order valence-electron chi connectivity index (χ1n) is 10.0. The Hall–Kier alpha value is -3.11. The fourth-order valence-electron chi connectivity index (χ4n) is 3.10. The van der Waals surface area contributed by atoms with Crippen LogP contribution in [0.5, 0.6) is 0 Å². The first-order chi connectivity index (χ1) is 14.6. The second-order valence-electron chi connectivity index (χ2n) is 7.08. The lowest BCUT2D eigenvalue weighted by Gasteiger charge is -2.23. The summed E-state index contributed by atoms with van der Waals surface area (Å²) in [5.41, 5.74) is 3.28. The minimum atomic E-state index is -0.107. The fourth-order valence-corrected chi connectivity index (χ4v) is 3.23. The summed E-state index contributed by atoms with van der Waals surface area (Å²) in [6.45, 7) is 3.14. The lowest BCUT2D eigenvalue weighted by atomic mass is 10.1. The highest BCUT2D eigenvalue weighted by molar-refractivity contribution is 6.30. The molecule has 3 rings (SSSR count). The minimum absolute atomic E-state index is 0.00276. The molecule has 5 heteroatoms. The summed E-state index contributed by atoms with van der Waals surface area (Å²) < 4.78 is 0. The van der Waals surface area contributed by atoms with Gasteiger partial charge in [-0.05, 0) is 53.9 Å². The van der Waals surface area contributed by atoms with Crippen molar-refractivity contribution in [3.05, 3.63) is 101 Å². The number of benzene rings is 3. The maximum atomic E-state index is 13.3. The molecular weight excluding hydrogens is 396 g/mol. The molecule has 1 N–H and O–H groups in total. The zero-order chi connectivity index (χ0) is 21.3. The lowest BCUT2D eigenvalue weighted by molar-refractivity contribution is -0.120. The van der Waals surface area contributed by atoms with Crippen molar-refractivity contribution in [2.75, 3.05) is 11.4 Å². The number of nitrogens with one attached hydrogen (secondary N) is 1. The minimum Gasteiger partial charge on any atom is -0.356 e. The summed E-state index contributed by atoms with van der Waals surface area (Å²) in [4.78, 5) is 27.0. The molecule has 3 aromatic carbocycles. The van der Waals surface area contributed by atoms with E-state index in [1.54, 1.807) is 29.2 Å². The normalized spacial score (nSPS) is 10.5. The molecule has 0 saturated heterocycles. The van der Waals surface area contributed by atoms with Gasteiger partial charge in [0, 0.05) is 22.8 Å². The van der Waals surface area contributed by atoms with E-state index in [1.165, 1.54) is 0 Å². The number of carbonyl (C=O) groups is 2. The summed E-state index contributed by atoms with van der Waals surface area (Å²) in [5, 5.41) is 3.47. The molecule has 0 saturated carbocycles. The molecule has 4 nitrogen and oxygen atoms in total. The van der Waals surface area contributed by atoms with Crippen molar-refractivity contribution in [3.63, 3.8) is 0 Å². The summed E-state index contributed by atoms with van der Waals surface area (Å²) in [6.07, 6.45) is 1.23. The number of rotatable bonds is 8. The van der Waals surface area contributed by atoms with Gasteiger partial charge < -0.3 is 10.2 Å². The molecule has 0 radical (unpaired) electrons. The van der Waals surface area contributed by atoms with E-state index in [4.69, 9.17) is 11.6 Å². The monoisotopic (exact) mass is 420 g/mol. The van der Waals surface area contributed by atoms with Crippen molar-refractivity contribution in [1.82, 2.24) is 5.32 Å². The summed E-state index contributed by atoms with van der Waals surface area (Å²) in [5.74, 6) is -0.105. The largest absolute Gasteiger partial charge is 0.356 e. The van der Waals surface area contributed by atoms with Crippen LogP contribution in [0.15, 0.2) is 78.9 Å². The van der Waals surface area contributed by atoms with E-state index in [0.29, 0.717) is 30.1 Å². The first kappa shape index (κ1) is 21.6. The molecule has 0 aliphatic rings. The summed E-state index contributed by atoms with van der Waals surface area (Å²) in [6, 6.07) is 24.3. The molecule has 154 valence electrons. The molecule has 3 aromatic rings. The van der Waals surface area contributed by atoms with Crippen LogP contribution in [0.4, 0.5) is 5.69 Å². The van der Waals surface area contributed by atoms with Gasteiger partial charge in [-0.25, -0.2) is 0 Å². The summed E-state index contributed by atoms with van der Waals surface area (Å²) >= 11 is 5.98. The average molecular weight is 421 g/mol. The van der Waals surface area contributed by atoms with Gasteiger partial charge in [0.2, 0.25) is 5.91 Å². The molecule has 0 atom stereocenters. The van der Waals surface area contributed by atoms with Crippen LogP contribution in [0.1, 0.15) is 34.8 Å². The Kier molecular flexibility index (Phi) is 7.63. The number of anilines is 1. The third-order valence-electron chi connectivity index (χ3n) is 4.70. The van der Waals surface area contributed by atoms with Crippen molar-refractivity contribution >= 4 is 29.1 Å². The van der Waals surface area contributed by atoms with Crippen molar-refractivity contribution in [3.8, 4) is 0 Å². The highest BCUT2D eigenvalue weighted by atomic mass is 35.5. The number of halogens is 1. The van der Waals surface area contributed by atoms with E-state index in [-0.39, 0.29) is 11.8 Å². The predicted octanol–water partition coefficient (Wildman–Crippen LogP) is 5.26. The lowest BCUT2D eigenvalue weighted by Crippen LogP contribution is -2.30. The number of hydrogen-bond acceptors (Lipinski definition) is 2. The van der Waals surface area contributed by atoms with Crippen LogP contribution in [-0.2, 0) is 17.8 Å². The molecule has 0 unspecified atom stereocenters. The van der Waals surface area contributed by atoms with Gasteiger partial charge in [-0.1, -0.05) is 61.0 Å². The topological polar surface area (TPSA) is 49.4 Å². The molecule has 0 heterocycles. The maximum absolute atomic E-state index is 13.3. The molecule has 0 aromatic heterocycles. The number of nitrogens with zero attached hydrogens (tertiary/aromatic N) is 1. The molecular formula is C25H25ClN2O2. The smallest absolute Gasteiger partial charge is 0.258 e. The van der Waals surface area contributed by atoms with E-state index in [9.17, 15) is 9.59 Å². The van der Waals surface area contributed by atoms with Gasteiger partial charge in [0.05, 0.1) is 13.0 Å². The standard InChI is InChI=1S/C25H25ClN2O2/c1-2-16-27-24(29)17-19-8-14-23(15-9-19)28(18-20-6-4-3-5-7-20)25(30)21-10-12-22(26)13-11-21/h3-15H,2,16-18H2,1H3,(H,27,29). The van der Waals surface area contributed by atoms with Gasteiger partial charge >= 0.3 is 0 Å². The quantitative estimate of drug-likeness (QED) is 0.540. The van der Waals surface area contributed by atoms with Crippen LogP contribution >= 0.6 is 11.6 Å². The number of amides is 2. The molecule has 30 heavy (non-hydrogen) atoms. The van der Waals surface area contributed by atoms with E-state index >= 15 is 0 Å². The molecule has 0 fully saturated rings. The van der Waals surface area contributed by atoms with Gasteiger partial charge in [0.1, 0.15) is 0 Å². The van der Waals surface area contributed by atoms with Gasteiger partial charge in [0.15, 0.2) is 0 Å². The second-order valence-corrected chi connectivity index (χ2v) is 7.51. The maximum Gasteiger partial charge on any atom is 0.258 e.